The van der Waals surface area contributed by atoms with E-state index < -0.39 is 8.07 Å². The van der Waals surface area contributed by atoms with Crippen LogP contribution in [0.25, 0.3) is 0 Å². The Balaban J connectivity index is 4.08. The molecule has 2 nitrogen and oxygen atoms in total. The van der Waals surface area contributed by atoms with Crippen molar-refractivity contribution < 1.29 is 9.84 Å². The molecule has 0 radical (unpaired) electrons. The van der Waals surface area contributed by atoms with Crippen LogP contribution in [-0.2, 0) is 4.74 Å². The number of hydrogen-bond donors (Lipinski definition) is 1. The maximum atomic E-state index is 8.49. The van der Waals surface area contributed by atoms with Crippen LogP contribution in [0.2, 0.25) is 18.1 Å². The average molecular weight is 214 g/mol. The summed E-state index contributed by atoms with van der Waals surface area (Å²) in [5.41, 5.74) is 3.34. The first kappa shape index (κ1) is 13.7. The molecule has 3 heteroatoms. The second-order valence-electron chi connectivity index (χ2n) is 4.95. The standard InChI is InChI=1S/C11H22O2Si/c1-11(2,3)14(4,5)10-6-8-13-9-7-12/h12H,7-9H2,1-5H3. The van der Waals surface area contributed by atoms with Crippen molar-refractivity contribution in [2.75, 3.05) is 19.8 Å². The van der Waals surface area contributed by atoms with E-state index in [1.165, 1.54) is 0 Å². The number of hydrogen-bond acceptors (Lipinski definition) is 2. The third-order valence-electron chi connectivity index (χ3n) is 2.69. The highest BCUT2D eigenvalue weighted by Crippen LogP contribution is 2.34. The molecular formula is C11H22O2Si. The van der Waals surface area contributed by atoms with Crippen LogP contribution in [0.15, 0.2) is 0 Å². The van der Waals surface area contributed by atoms with Gasteiger partial charge in [-0.1, -0.05) is 39.8 Å². The van der Waals surface area contributed by atoms with Crippen molar-refractivity contribution in [2.45, 2.75) is 38.9 Å². The number of aliphatic hydroxyl groups is 1. The van der Waals surface area contributed by atoms with Gasteiger partial charge in [-0.3, -0.25) is 0 Å². The summed E-state index contributed by atoms with van der Waals surface area (Å²) in [6.45, 7) is 12.1. The van der Waals surface area contributed by atoms with Gasteiger partial charge in [0.25, 0.3) is 0 Å². The summed E-state index contributed by atoms with van der Waals surface area (Å²) in [6, 6.07) is 0. The molecule has 0 rings (SSSR count). The van der Waals surface area contributed by atoms with Gasteiger partial charge in [-0.05, 0) is 5.04 Å². The second kappa shape index (κ2) is 5.55. The zero-order valence-electron chi connectivity index (χ0n) is 9.98. The number of rotatable bonds is 3. The van der Waals surface area contributed by atoms with Gasteiger partial charge >= 0.3 is 0 Å². The quantitative estimate of drug-likeness (QED) is 0.442. The molecule has 0 unspecified atom stereocenters. The van der Waals surface area contributed by atoms with Gasteiger partial charge in [0.2, 0.25) is 0 Å². The van der Waals surface area contributed by atoms with Crippen molar-refractivity contribution in [1.82, 2.24) is 0 Å². The molecule has 0 aliphatic heterocycles. The molecule has 14 heavy (non-hydrogen) atoms. The number of ether oxygens (including phenoxy) is 1. The molecule has 0 spiro atoms. The van der Waals surface area contributed by atoms with E-state index in [9.17, 15) is 0 Å². The van der Waals surface area contributed by atoms with Gasteiger partial charge in [0.15, 0.2) is 0 Å². The Labute approximate surface area is 88.7 Å². The van der Waals surface area contributed by atoms with Gasteiger partial charge in [-0.2, -0.15) is 0 Å². The molecule has 0 atom stereocenters. The van der Waals surface area contributed by atoms with E-state index in [2.05, 4.69) is 45.3 Å². The SMILES string of the molecule is CC(C)(C)[Si](C)(C)C#CCOCCO. The molecule has 82 valence electrons. The van der Waals surface area contributed by atoms with Gasteiger partial charge in [-0.15, -0.1) is 5.54 Å². The molecule has 0 heterocycles. The maximum Gasteiger partial charge on any atom is 0.137 e. The molecule has 0 saturated carbocycles. The highest BCUT2D eigenvalue weighted by molar-refractivity contribution is 6.87. The molecule has 0 saturated heterocycles. The normalized spacial score (nSPS) is 12.1. The Morgan fingerprint density at radius 2 is 1.86 bits per heavy atom. The Kier molecular flexibility index (Phi) is 5.43. The molecule has 0 aromatic carbocycles. The lowest BCUT2D eigenvalue weighted by Crippen LogP contribution is -2.35. The minimum atomic E-state index is -1.47. The fourth-order valence-electron chi connectivity index (χ4n) is 0.632. The van der Waals surface area contributed by atoms with Crippen LogP contribution < -0.4 is 0 Å². The minimum Gasteiger partial charge on any atom is -0.394 e. The summed E-state index contributed by atoms with van der Waals surface area (Å²) in [6.07, 6.45) is 0. The van der Waals surface area contributed by atoms with Gasteiger partial charge < -0.3 is 9.84 Å². The summed E-state index contributed by atoms with van der Waals surface area (Å²) >= 11 is 0. The predicted octanol–water partition coefficient (Wildman–Crippen LogP) is 2.05. The van der Waals surface area contributed by atoms with Crippen molar-refractivity contribution in [2.24, 2.45) is 0 Å². The molecular weight excluding hydrogens is 192 g/mol. The Morgan fingerprint density at radius 3 is 2.29 bits per heavy atom. The topological polar surface area (TPSA) is 29.5 Å². The fraction of sp³-hybridized carbons (Fsp3) is 0.818. The van der Waals surface area contributed by atoms with Crippen LogP contribution in [0.3, 0.4) is 0 Å². The van der Waals surface area contributed by atoms with E-state index in [4.69, 9.17) is 9.84 Å². The van der Waals surface area contributed by atoms with Crippen LogP contribution in [0.4, 0.5) is 0 Å². The Hall–Kier alpha value is -0.303. The maximum absolute atomic E-state index is 8.49. The van der Waals surface area contributed by atoms with Crippen molar-refractivity contribution in [1.29, 1.82) is 0 Å². The predicted molar refractivity (Wildman–Crippen MR) is 62.9 cm³/mol. The summed E-state index contributed by atoms with van der Waals surface area (Å²) < 4.78 is 5.09. The first-order valence-electron chi connectivity index (χ1n) is 5.00. The molecule has 0 amide bonds. The van der Waals surface area contributed by atoms with Gasteiger partial charge in [0.05, 0.1) is 13.2 Å². The van der Waals surface area contributed by atoms with E-state index in [1.54, 1.807) is 0 Å². The molecule has 0 bridgehead atoms. The van der Waals surface area contributed by atoms with Crippen molar-refractivity contribution >= 4 is 8.07 Å². The summed E-state index contributed by atoms with van der Waals surface area (Å²) in [4.78, 5) is 0. The number of aliphatic hydroxyl groups excluding tert-OH is 1. The zero-order valence-corrected chi connectivity index (χ0v) is 11.0. The lowest BCUT2D eigenvalue weighted by Gasteiger charge is -2.31. The third-order valence-corrected chi connectivity index (χ3v) is 7.24. The van der Waals surface area contributed by atoms with E-state index in [-0.39, 0.29) is 6.61 Å². The molecule has 1 N–H and O–H groups in total. The molecule has 0 aromatic rings. The third kappa shape index (κ3) is 4.80. The van der Waals surface area contributed by atoms with Gasteiger partial charge in [-0.25, -0.2) is 0 Å². The smallest absolute Gasteiger partial charge is 0.137 e. The first-order valence-corrected chi connectivity index (χ1v) is 8.00. The minimum absolute atomic E-state index is 0.0712. The van der Waals surface area contributed by atoms with Crippen molar-refractivity contribution in [3.05, 3.63) is 0 Å². The lowest BCUT2D eigenvalue weighted by atomic mass is 10.2. The fourth-order valence-corrected chi connectivity index (χ4v) is 1.52. The largest absolute Gasteiger partial charge is 0.394 e. The molecule has 0 aliphatic carbocycles. The zero-order chi connectivity index (χ0) is 11.2. The molecule has 0 aromatic heterocycles. The van der Waals surface area contributed by atoms with Crippen molar-refractivity contribution in [3.8, 4) is 11.5 Å². The highest BCUT2D eigenvalue weighted by atomic mass is 28.3. The van der Waals surface area contributed by atoms with Crippen LogP contribution in [0.5, 0.6) is 0 Å². The van der Waals surface area contributed by atoms with E-state index in [0.717, 1.165) is 0 Å². The first-order chi connectivity index (χ1) is 6.31. The van der Waals surface area contributed by atoms with Gasteiger partial charge in [0, 0.05) is 0 Å². The van der Waals surface area contributed by atoms with Crippen LogP contribution in [0, 0.1) is 11.5 Å². The van der Waals surface area contributed by atoms with Crippen LogP contribution >= 0.6 is 0 Å². The van der Waals surface area contributed by atoms with E-state index in [0.29, 0.717) is 18.3 Å². The summed E-state index contributed by atoms with van der Waals surface area (Å²) in [5, 5.41) is 8.79. The van der Waals surface area contributed by atoms with Crippen molar-refractivity contribution in [3.63, 3.8) is 0 Å². The Morgan fingerprint density at radius 1 is 1.29 bits per heavy atom. The van der Waals surface area contributed by atoms with Crippen LogP contribution in [0.1, 0.15) is 20.8 Å². The van der Waals surface area contributed by atoms with E-state index in [1.807, 2.05) is 0 Å². The van der Waals surface area contributed by atoms with Crippen LogP contribution in [-0.4, -0.2) is 33.0 Å². The lowest BCUT2D eigenvalue weighted by molar-refractivity contribution is 0.115. The van der Waals surface area contributed by atoms with E-state index >= 15 is 0 Å². The summed E-state index contributed by atoms with van der Waals surface area (Å²) in [5.74, 6) is 3.05. The monoisotopic (exact) mass is 214 g/mol. The average Bonchev–Trinajstić information content (AvgIpc) is 2.02. The molecule has 0 fully saturated rings. The van der Waals surface area contributed by atoms with Gasteiger partial charge in [0.1, 0.15) is 14.7 Å². The highest BCUT2D eigenvalue weighted by Gasteiger charge is 2.33. The summed E-state index contributed by atoms with van der Waals surface area (Å²) in [7, 11) is -1.47. The molecule has 0 aliphatic rings. The Bertz CT molecular complexity index is 218. The second-order valence-corrected chi connectivity index (χ2v) is 9.95.